The number of hydrogen-bond donors (Lipinski definition) is 1. The minimum Gasteiger partial charge on any atom is -0.313 e. The second-order valence-corrected chi connectivity index (χ2v) is 6.65. The normalized spacial score (nSPS) is 16.2. The average Bonchev–Trinajstić information content (AvgIpc) is 2.19. The van der Waals surface area contributed by atoms with Gasteiger partial charge in [0.05, 0.1) is 4.90 Å². The second-order valence-electron chi connectivity index (χ2n) is 4.24. The molecule has 0 spiro atoms. The van der Waals surface area contributed by atoms with Crippen LogP contribution in [-0.4, -0.2) is 38.9 Å². The monoisotopic (exact) mass is 310 g/mol. The van der Waals surface area contributed by atoms with Crippen molar-refractivity contribution >= 4 is 34.0 Å². The van der Waals surface area contributed by atoms with E-state index in [9.17, 15) is 8.42 Å². The van der Waals surface area contributed by atoms with Gasteiger partial charge in [-0.15, -0.1) is 12.4 Å². The number of hydrogen-bond acceptors (Lipinski definition) is 3. The van der Waals surface area contributed by atoms with Crippen molar-refractivity contribution in [3.63, 3.8) is 0 Å². The zero-order valence-corrected chi connectivity index (χ0v) is 12.6. The van der Waals surface area contributed by atoms with Crippen LogP contribution >= 0.6 is 24.0 Å². The molecule has 0 unspecified atom stereocenters. The van der Waals surface area contributed by atoms with E-state index < -0.39 is 10.0 Å². The van der Waals surface area contributed by atoms with Gasteiger partial charge < -0.3 is 5.32 Å². The lowest BCUT2D eigenvalue weighted by Gasteiger charge is -2.34. The Kier molecular flexibility index (Phi) is 5.03. The highest BCUT2D eigenvalue weighted by atomic mass is 35.5. The van der Waals surface area contributed by atoms with Crippen LogP contribution in [0.4, 0.5) is 0 Å². The van der Waals surface area contributed by atoms with Crippen LogP contribution in [0.1, 0.15) is 5.56 Å². The minimum atomic E-state index is -3.44. The van der Waals surface area contributed by atoms with Gasteiger partial charge in [0.25, 0.3) is 0 Å². The molecule has 0 amide bonds. The van der Waals surface area contributed by atoms with Crippen molar-refractivity contribution in [1.29, 1.82) is 0 Å². The number of likely N-dealkylation sites (N-methyl/N-ethyl adjacent to an activating group) is 1. The van der Waals surface area contributed by atoms with E-state index in [2.05, 4.69) is 5.32 Å². The van der Waals surface area contributed by atoms with Gasteiger partial charge in [0, 0.05) is 31.2 Å². The molecule has 4 nitrogen and oxygen atoms in total. The van der Waals surface area contributed by atoms with Crippen molar-refractivity contribution in [2.45, 2.75) is 17.9 Å². The predicted molar refractivity (Wildman–Crippen MR) is 75.0 cm³/mol. The third-order valence-electron chi connectivity index (χ3n) is 3.08. The third-order valence-corrected chi connectivity index (χ3v) is 5.37. The van der Waals surface area contributed by atoms with Crippen LogP contribution in [0.5, 0.6) is 0 Å². The maximum Gasteiger partial charge on any atom is 0.243 e. The predicted octanol–water partition coefficient (Wildman–Crippen LogP) is 1.66. The van der Waals surface area contributed by atoms with Gasteiger partial charge in [0.15, 0.2) is 0 Å². The molecule has 1 saturated heterocycles. The Labute approximate surface area is 119 Å². The van der Waals surface area contributed by atoms with Crippen LogP contribution in [0.25, 0.3) is 0 Å². The fourth-order valence-corrected chi connectivity index (χ4v) is 3.57. The second kappa shape index (κ2) is 5.75. The minimum absolute atomic E-state index is 0. The molecule has 1 fully saturated rings. The molecule has 1 aliphatic heterocycles. The van der Waals surface area contributed by atoms with E-state index >= 15 is 0 Å². The van der Waals surface area contributed by atoms with Crippen LogP contribution in [0.2, 0.25) is 5.02 Å². The van der Waals surface area contributed by atoms with Crippen LogP contribution in [-0.2, 0) is 10.0 Å². The molecule has 102 valence electrons. The van der Waals surface area contributed by atoms with Gasteiger partial charge >= 0.3 is 0 Å². The number of benzene rings is 1. The molecule has 7 heteroatoms. The Morgan fingerprint density at radius 3 is 2.50 bits per heavy atom. The molecule has 1 heterocycles. The lowest BCUT2D eigenvalue weighted by atomic mass is 10.2. The van der Waals surface area contributed by atoms with Gasteiger partial charge in [-0.25, -0.2) is 8.42 Å². The Bertz CT molecular complexity index is 530. The fraction of sp³-hybridized carbons (Fsp3) is 0.455. The maximum absolute atomic E-state index is 12.4. The van der Waals surface area contributed by atoms with Crippen molar-refractivity contribution < 1.29 is 8.42 Å². The molecule has 2 rings (SSSR count). The van der Waals surface area contributed by atoms with Gasteiger partial charge in [-0.3, -0.25) is 0 Å². The molecule has 0 atom stereocenters. The molecule has 1 aliphatic rings. The van der Waals surface area contributed by atoms with E-state index in [1.54, 1.807) is 26.1 Å². The third kappa shape index (κ3) is 2.81. The molecular weight excluding hydrogens is 295 g/mol. The summed E-state index contributed by atoms with van der Waals surface area (Å²) in [6.07, 6.45) is 0. The molecule has 1 aromatic rings. The van der Waals surface area contributed by atoms with Crippen LogP contribution in [0, 0.1) is 6.92 Å². The number of sulfonamides is 1. The highest BCUT2D eigenvalue weighted by Crippen LogP contribution is 2.24. The first-order valence-corrected chi connectivity index (χ1v) is 7.19. The summed E-state index contributed by atoms with van der Waals surface area (Å²) in [4.78, 5) is 0.291. The molecule has 0 bridgehead atoms. The van der Waals surface area contributed by atoms with Crippen molar-refractivity contribution in [2.24, 2.45) is 0 Å². The number of nitrogens with zero attached hydrogens (tertiary/aromatic N) is 1. The van der Waals surface area contributed by atoms with E-state index in [1.807, 2.05) is 0 Å². The summed E-state index contributed by atoms with van der Waals surface area (Å²) in [5, 5.41) is 3.50. The summed E-state index contributed by atoms with van der Waals surface area (Å²) >= 11 is 5.86. The van der Waals surface area contributed by atoms with Gasteiger partial charge in [-0.2, -0.15) is 4.31 Å². The topological polar surface area (TPSA) is 49.4 Å². The molecule has 1 aromatic carbocycles. The van der Waals surface area contributed by atoms with Crippen molar-refractivity contribution in [3.05, 3.63) is 28.8 Å². The Morgan fingerprint density at radius 2 is 2.00 bits per heavy atom. The highest BCUT2D eigenvalue weighted by molar-refractivity contribution is 7.89. The SMILES string of the molecule is Cc1ccc(Cl)cc1S(=O)(=O)N(C)C1CNC1.Cl. The first kappa shape index (κ1) is 15.7. The first-order chi connectivity index (χ1) is 7.93. The highest BCUT2D eigenvalue weighted by Gasteiger charge is 2.32. The van der Waals surface area contributed by atoms with Crippen molar-refractivity contribution in [2.75, 3.05) is 20.1 Å². The van der Waals surface area contributed by atoms with Gasteiger partial charge in [-0.1, -0.05) is 17.7 Å². The fourth-order valence-electron chi connectivity index (χ4n) is 1.73. The molecule has 0 aromatic heterocycles. The van der Waals surface area contributed by atoms with Crippen LogP contribution in [0.3, 0.4) is 0 Å². The molecule has 18 heavy (non-hydrogen) atoms. The Balaban J connectivity index is 0.00000162. The Hall–Kier alpha value is -0.330. The zero-order valence-electron chi connectivity index (χ0n) is 10.2. The number of aryl methyl sites for hydroxylation is 1. The van der Waals surface area contributed by atoms with Crippen LogP contribution in [0.15, 0.2) is 23.1 Å². The lowest BCUT2D eigenvalue weighted by Crippen LogP contribution is -2.57. The summed E-state index contributed by atoms with van der Waals surface area (Å²) in [6, 6.07) is 4.97. The Morgan fingerprint density at radius 1 is 1.39 bits per heavy atom. The zero-order chi connectivity index (χ0) is 12.6. The van der Waals surface area contributed by atoms with E-state index in [0.29, 0.717) is 28.6 Å². The van der Waals surface area contributed by atoms with Crippen molar-refractivity contribution in [1.82, 2.24) is 9.62 Å². The first-order valence-electron chi connectivity index (χ1n) is 5.38. The molecule has 0 saturated carbocycles. The van der Waals surface area contributed by atoms with Gasteiger partial charge in [0.2, 0.25) is 10.0 Å². The number of rotatable bonds is 3. The smallest absolute Gasteiger partial charge is 0.243 e. The largest absolute Gasteiger partial charge is 0.313 e. The summed E-state index contributed by atoms with van der Waals surface area (Å²) in [7, 11) is -1.83. The summed E-state index contributed by atoms with van der Waals surface area (Å²) in [6.45, 7) is 3.18. The summed E-state index contributed by atoms with van der Waals surface area (Å²) in [5.74, 6) is 0. The van der Waals surface area contributed by atoms with Crippen molar-refractivity contribution in [3.8, 4) is 0 Å². The lowest BCUT2D eigenvalue weighted by molar-refractivity contribution is 0.274. The van der Waals surface area contributed by atoms with Gasteiger partial charge in [0.1, 0.15) is 0 Å². The van der Waals surface area contributed by atoms with Crippen LogP contribution < -0.4 is 5.32 Å². The summed E-state index contributed by atoms with van der Waals surface area (Å²) in [5.41, 5.74) is 0.716. The summed E-state index contributed by atoms with van der Waals surface area (Å²) < 4.78 is 26.2. The average molecular weight is 311 g/mol. The number of halogens is 2. The molecule has 1 N–H and O–H groups in total. The van der Waals surface area contributed by atoms with E-state index in [1.165, 1.54) is 10.4 Å². The molecular formula is C11H16Cl2N2O2S. The molecule has 0 aliphatic carbocycles. The maximum atomic E-state index is 12.4. The standard InChI is InChI=1S/C11H15ClN2O2S.ClH/c1-8-3-4-9(12)5-11(8)17(15,16)14(2)10-6-13-7-10;/h3-5,10,13H,6-7H2,1-2H3;1H. The van der Waals surface area contributed by atoms with E-state index in [-0.39, 0.29) is 18.4 Å². The van der Waals surface area contributed by atoms with Gasteiger partial charge in [-0.05, 0) is 24.6 Å². The van der Waals surface area contributed by atoms with E-state index in [4.69, 9.17) is 11.6 Å². The van der Waals surface area contributed by atoms with E-state index in [0.717, 1.165) is 0 Å². The quantitative estimate of drug-likeness (QED) is 0.924. The number of nitrogens with one attached hydrogen (secondary N) is 1. The molecule has 0 radical (unpaired) electrons.